The molecule has 1 saturated carbocycles. The Hall–Kier alpha value is 0.1000. The molecule has 0 spiro atoms. The van der Waals surface area contributed by atoms with Gasteiger partial charge in [-0.25, -0.2) is 0 Å². The van der Waals surface area contributed by atoms with E-state index >= 15 is 0 Å². The molecule has 0 heterocycles. The third kappa shape index (κ3) is 3.29. The Morgan fingerprint density at radius 1 is 1.15 bits per heavy atom. The summed E-state index contributed by atoms with van der Waals surface area (Å²) in [6.07, 6.45) is 3.74. The molecule has 2 rings (SSSR count). The van der Waals surface area contributed by atoms with Crippen LogP contribution in [0.4, 0.5) is 0 Å². The molecule has 0 radical (unpaired) electrons. The van der Waals surface area contributed by atoms with Gasteiger partial charge in [-0.05, 0) is 80.7 Å². The zero-order chi connectivity index (χ0) is 15.0. The van der Waals surface area contributed by atoms with Gasteiger partial charge < -0.3 is 10.8 Å². The van der Waals surface area contributed by atoms with E-state index in [2.05, 4.69) is 45.7 Å². The zero-order valence-corrected chi connectivity index (χ0v) is 15.3. The SMILES string of the molecule is CC1(C)CCC(CN)(C(O)c2ccc(Br)c(Br)c2)CC1. The fourth-order valence-corrected chi connectivity index (χ4v) is 3.69. The molecule has 1 fully saturated rings. The minimum absolute atomic E-state index is 0.178. The van der Waals surface area contributed by atoms with Crippen molar-refractivity contribution in [3.8, 4) is 0 Å². The topological polar surface area (TPSA) is 46.2 Å². The highest BCUT2D eigenvalue weighted by molar-refractivity contribution is 9.13. The molecule has 112 valence electrons. The van der Waals surface area contributed by atoms with Crippen molar-refractivity contribution in [3.05, 3.63) is 32.7 Å². The lowest BCUT2D eigenvalue weighted by Gasteiger charge is -2.46. The lowest BCUT2D eigenvalue weighted by molar-refractivity contribution is -0.0236. The third-order valence-electron chi connectivity index (χ3n) is 4.85. The summed E-state index contributed by atoms with van der Waals surface area (Å²) >= 11 is 6.97. The number of halogens is 2. The Bertz CT molecular complexity index is 477. The molecule has 0 aliphatic heterocycles. The fourth-order valence-electron chi connectivity index (χ4n) is 3.05. The van der Waals surface area contributed by atoms with Crippen LogP contribution in [0.25, 0.3) is 0 Å². The highest BCUT2D eigenvalue weighted by Crippen LogP contribution is 2.51. The maximum atomic E-state index is 10.9. The van der Waals surface area contributed by atoms with Crippen LogP contribution in [0.1, 0.15) is 51.2 Å². The molecule has 1 aromatic rings. The van der Waals surface area contributed by atoms with Gasteiger partial charge in [-0.2, -0.15) is 0 Å². The van der Waals surface area contributed by atoms with E-state index in [1.807, 2.05) is 18.2 Å². The van der Waals surface area contributed by atoms with Gasteiger partial charge in [0.05, 0.1) is 6.10 Å². The highest BCUT2D eigenvalue weighted by Gasteiger charge is 2.43. The predicted molar refractivity (Wildman–Crippen MR) is 90.5 cm³/mol. The van der Waals surface area contributed by atoms with Crippen molar-refractivity contribution >= 4 is 31.9 Å². The van der Waals surface area contributed by atoms with Crippen LogP contribution >= 0.6 is 31.9 Å². The minimum Gasteiger partial charge on any atom is -0.388 e. The molecule has 1 atom stereocenters. The van der Waals surface area contributed by atoms with Crippen LogP contribution in [0, 0.1) is 10.8 Å². The highest BCUT2D eigenvalue weighted by atomic mass is 79.9. The van der Waals surface area contributed by atoms with Crippen molar-refractivity contribution in [1.29, 1.82) is 0 Å². The van der Waals surface area contributed by atoms with Crippen molar-refractivity contribution < 1.29 is 5.11 Å². The molecule has 1 unspecified atom stereocenters. The van der Waals surface area contributed by atoms with E-state index in [-0.39, 0.29) is 5.41 Å². The van der Waals surface area contributed by atoms with Crippen LogP contribution in [0.5, 0.6) is 0 Å². The number of aliphatic hydroxyl groups is 1. The standard InChI is InChI=1S/C16H23Br2NO/c1-15(2)5-7-16(10-19,8-6-15)14(20)11-3-4-12(17)13(18)9-11/h3-4,9,14,20H,5-8,10,19H2,1-2H3. The zero-order valence-electron chi connectivity index (χ0n) is 12.1. The van der Waals surface area contributed by atoms with Crippen LogP contribution in [0.2, 0.25) is 0 Å². The molecule has 4 heteroatoms. The van der Waals surface area contributed by atoms with Crippen LogP contribution in [-0.4, -0.2) is 11.7 Å². The van der Waals surface area contributed by atoms with Gasteiger partial charge in [0, 0.05) is 20.9 Å². The van der Waals surface area contributed by atoms with Crippen molar-refractivity contribution in [3.63, 3.8) is 0 Å². The van der Waals surface area contributed by atoms with Gasteiger partial charge in [0.1, 0.15) is 0 Å². The number of hydrogen-bond donors (Lipinski definition) is 2. The third-order valence-corrected chi connectivity index (χ3v) is 6.72. The van der Waals surface area contributed by atoms with E-state index in [0.717, 1.165) is 40.2 Å². The first-order chi connectivity index (χ1) is 9.30. The molecule has 2 nitrogen and oxygen atoms in total. The van der Waals surface area contributed by atoms with E-state index in [1.54, 1.807) is 0 Å². The summed E-state index contributed by atoms with van der Waals surface area (Å²) in [5, 5.41) is 10.9. The van der Waals surface area contributed by atoms with Gasteiger partial charge in [0.15, 0.2) is 0 Å². The predicted octanol–water partition coefficient (Wildman–Crippen LogP) is 4.79. The Labute approximate surface area is 138 Å². The molecule has 0 aromatic heterocycles. The van der Waals surface area contributed by atoms with E-state index in [9.17, 15) is 5.11 Å². The van der Waals surface area contributed by atoms with Gasteiger partial charge in [0.25, 0.3) is 0 Å². The Morgan fingerprint density at radius 2 is 1.75 bits per heavy atom. The Balaban J connectivity index is 2.25. The molecule has 0 saturated heterocycles. The summed E-state index contributed by atoms with van der Waals surface area (Å²) in [5.41, 5.74) is 7.20. The van der Waals surface area contributed by atoms with E-state index < -0.39 is 6.10 Å². The summed E-state index contributed by atoms with van der Waals surface area (Å²) in [4.78, 5) is 0. The van der Waals surface area contributed by atoms with E-state index in [0.29, 0.717) is 12.0 Å². The molecule has 3 N–H and O–H groups in total. The van der Waals surface area contributed by atoms with Crippen molar-refractivity contribution in [2.45, 2.75) is 45.6 Å². The monoisotopic (exact) mass is 403 g/mol. The van der Waals surface area contributed by atoms with Crippen LogP contribution in [0.15, 0.2) is 27.1 Å². The van der Waals surface area contributed by atoms with Gasteiger partial charge >= 0.3 is 0 Å². The Morgan fingerprint density at radius 3 is 2.25 bits per heavy atom. The number of nitrogens with two attached hydrogens (primary N) is 1. The van der Waals surface area contributed by atoms with Crippen LogP contribution < -0.4 is 5.73 Å². The first-order valence-corrected chi connectivity index (χ1v) is 8.71. The first kappa shape index (κ1) is 16.5. The Kier molecular flexibility index (Phi) is 5.00. The molecular formula is C16H23Br2NO. The molecule has 1 aromatic carbocycles. The minimum atomic E-state index is -0.493. The largest absolute Gasteiger partial charge is 0.388 e. The van der Waals surface area contributed by atoms with Crippen molar-refractivity contribution in [2.24, 2.45) is 16.6 Å². The normalized spacial score (nSPS) is 22.5. The van der Waals surface area contributed by atoms with E-state index in [4.69, 9.17) is 5.73 Å². The van der Waals surface area contributed by atoms with Crippen LogP contribution in [-0.2, 0) is 0 Å². The number of benzene rings is 1. The summed E-state index contributed by atoms with van der Waals surface area (Å²) in [6, 6.07) is 5.95. The summed E-state index contributed by atoms with van der Waals surface area (Å²) in [5.74, 6) is 0. The number of rotatable bonds is 3. The lowest BCUT2D eigenvalue weighted by atomic mass is 9.62. The van der Waals surface area contributed by atoms with Crippen molar-refractivity contribution in [1.82, 2.24) is 0 Å². The molecule has 0 amide bonds. The maximum absolute atomic E-state index is 10.9. The second-order valence-corrected chi connectivity index (χ2v) is 8.52. The van der Waals surface area contributed by atoms with Crippen LogP contribution in [0.3, 0.4) is 0 Å². The van der Waals surface area contributed by atoms with Gasteiger partial charge in [-0.1, -0.05) is 19.9 Å². The molecule has 20 heavy (non-hydrogen) atoms. The first-order valence-electron chi connectivity index (χ1n) is 7.13. The van der Waals surface area contributed by atoms with Gasteiger partial charge in [0.2, 0.25) is 0 Å². The second-order valence-electron chi connectivity index (χ2n) is 6.81. The number of hydrogen-bond acceptors (Lipinski definition) is 2. The second kappa shape index (κ2) is 6.07. The summed E-state index contributed by atoms with van der Waals surface area (Å²) in [7, 11) is 0. The van der Waals surface area contributed by atoms with Gasteiger partial charge in [-0.3, -0.25) is 0 Å². The molecular weight excluding hydrogens is 382 g/mol. The average molecular weight is 405 g/mol. The lowest BCUT2D eigenvalue weighted by Crippen LogP contribution is -2.41. The summed E-state index contributed by atoms with van der Waals surface area (Å²) < 4.78 is 1.97. The van der Waals surface area contributed by atoms with Gasteiger partial charge in [-0.15, -0.1) is 0 Å². The summed E-state index contributed by atoms with van der Waals surface area (Å²) in [6.45, 7) is 5.14. The maximum Gasteiger partial charge on any atom is 0.0858 e. The fraction of sp³-hybridized carbons (Fsp3) is 0.625. The van der Waals surface area contributed by atoms with E-state index in [1.165, 1.54) is 0 Å². The molecule has 0 bridgehead atoms. The average Bonchev–Trinajstić information content (AvgIpc) is 2.42. The molecule has 1 aliphatic carbocycles. The number of aliphatic hydroxyl groups excluding tert-OH is 1. The van der Waals surface area contributed by atoms with Crippen molar-refractivity contribution in [2.75, 3.05) is 6.54 Å². The quantitative estimate of drug-likeness (QED) is 0.760. The smallest absolute Gasteiger partial charge is 0.0858 e. The molecule has 1 aliphatic rings.